The van der Waals surface area contributed by atoms with Gasteiger partial charge in [-0.05, 0) is 30.2 Å². The zero-order valence-corrected chi connectivity index (χ0v) is 13.3. The van der Waals surface area contributed by atoms with Crippen molar-refractivity contribution in [2.24, 2.45) is 5.92 Å². The average molecular weight is 321 g/mol. The van der Waals surface area contributed by atoms with E-state index in [4.69, 9.17) is 4.74 Å². The lowest BCUT2D eigenvalue weighted by Gasteiger charge is -2.25. The Labute approximate surface area is 140 Å². The highest BCUT2D eigenvalue weighted by atomic mass is 16.5. The minimum Gasteiger partial charge on any atom is -0.493 e. The molecule has 24 heavy (non-hydrogen) atoms. The molecule has 0 aliphatic carbocycles. The molecular formula is C19H19N3O2. The Morgan fingerprint density at radius 3 is 3.00 bits per heavy atom. The van der Waals surface area contributed by atoms with E-state index in [2.05, 4.69) is 16.4 Å². The van der Waals surface area contributed by atoms with Crippen LogP contribution in [0.4, 0.5) is 0 Å². The number of amides is 1. The number of fused-ring (bicyclic) bond motifs is 2. The minimum atomic E-state index is -0.00277. The number of nitrogens with zero attached hydrogens (tertiary/aromatic N) is 2. The van der Waals surface area contributed by atoms with Gasteiger partial charge in [0.1, 0.15) is 12.3 Å². The molecule has 0 spiro atoms. The summed E-state index contributed by atoms with van der Waals surface area (Å²) in [7, 11) is 0. The molecule has 5 heteroatoms. The van der Waals surface area contributed by atoms with E-state index >= 15 is 0 Å². The van der Waals surface area contributed by atoms with Gasteiger partial charge in [0.15, 0.2) is 0 Å². The lowest BCUT2D eigenvalue weighted by atomic mass is 9.97. The number of hydrogen-bond donors (Lipinski definition) is 1. The van der Waals surface area contributed by atoms with Gasteiger partial charge in [-0.25, -0.2) is 4.98 Å². The van der Waals surface area contributed by atoms with Crippen LogP contribution in [-0.2, 0) is 17.8 Å². The Kier molecular flexibility index (Phi) is 3.91. The summed E-state index contributed by atoms with van der Waals surface area (Å²) in [5.41, 5.74) is 3.09. The molecule has 0 radical (unpaired) electrons. The highest BCUT2D eigenvalue weighted by Crippen LogP contribution is 2.26. The van der Waals surface area contributed by atoms with E-state index in [-0.39, 0.29) is 12.5 Å². The Morgan fingerprint density at radius 1 is 1.21 bits per heavy atom. The molecule has 0 unspecified atom stereocenters. The van der Waals surface area contributed by atoms with E-state index in [1.807, 2.05) is 47.0 Å². The number of rotatable bonds is 4. The fourth-order valence-electron chi connectivity index (χ4n) is 3.13. The number of aromatic nitrogens is 2. The van der Waals surface area contributed by atoms with Crippen LogP contribution in [0.25, 0.3) is 11.0 Å². The Balaban J connectivity index is 1.34. The van der Waals surface area contributed by atoms with Crippen LogP contribution in [0.3, 0.4) is 0 Å². The first kappa shape index (κ1) is 14.8. The van der Waals surface area contributed by atoms with Crippen LogP contribution < -0.4 is 10.1 Å². The van der Waals surface area contributed by atoms with Crippen molar-refractivity contribution in [2.75, 3.05) is 13.2 Å². The van der Waals surface area contributed by atoms with Gasteiger partial charge in [-0.2, -0.15) is 0 Å². The number of carbonyl (C=O) groups excluding carboxylic acids is 1. The number of nitrogens with one attached hydrogen (secondary N) is 1. The molecule has 2 heterocycles. The summed E-state index contributed by atoms with van der Waals surface area (Å²) < 4.78 is 7.64. The molecule has 0 saturated carbocycles. The maximum Gasteiger partial charge on any atom is 0.240 e. The zero-order chi connectivity index (χ0) is 16.4. The molecule has 0 saturated heterocycles. The van der Waals surface area contributed by atoms with Crippen LogP contribution in [0.2, 0.25) is 0 Å². The zero-order valence-electron chi connectivity index (χ0n) is 13.3. The SMILES string of the molecule is O=C(Cn1cnc2ccccc21)NC[C@H]1COc2ccccc2C1. The van der Waals surface area contributed by atoms with Crippen molar-refractivity contribution >= 4 is 16.9 Å². The van der Waals surface area contributed by atoms with E-state index in [0.717, 1.165) is 23.2 Å². The van der Waals surface area contributed by atoms with E-state index < -0.39 is 0 Å². The molecule has 1 aliphatic rings. The van der Waals surface area contributed by atoms with Crippen LogP contribution in [0, 0.1) is 5.92 Å². The van der Waals surface area contributed by atoms with Gasteiger partial charge in [0, 0.05) is 12.5 Å². The summed E-state index contributed by atoms with van der Waals surface area (Å²) in [5, 5.41) is 3.02. The molecule has 4 rings (SSSR count). The first-order valence-electron chi connectivity index (χ1n) is 8.17. The molecule has 2 aromatic carbocycles. The van der Waals surface area contributed by atoms with Crippen molar-refractivity contribution in [3.8, 4) is 5.75 Å². The minimum absolute atomic E-state index is 0.00277. The maximum atomic E-state index is 12.2. The van der Waals surface area contributed by atoms with E-state index in [9.17, 15) is 4.79 Å². The number of ether oxygens (including phenoxy) is 1. The fraction of sp³-hybridized carbons (Fsp3) is 0.263. The first-order valence-corrected chi connectivity index (χ1v) is 8.17. The quantitative estimate of drug-likeness (QED) is 0.803. The fourth-order valence-corrected chi connectivity index (χ4v) is 3.13. The van der Waals surface area contributed by atoms with Gasteiger partial charge in [0.25, 0.3) is 0 Å². The van der Waals surface area contributed by atoms with Crippen molar-refractivity contribution in [2.45, 2.75) is 13.0 Å². The highest BCUT2D eigenvalue weighted by Gasteiger charge is 2.20. The lowest BCUT2D eigenvalue weighted by molar-refractivity contribution is -0.121. The molecule has 5 nitrogen and oxygen atoms in total. The second kappa shape index (κ2) is 6.35. The van der Waals surface area contributed by atoms with Crippen LogP contribution >= 0.6 is 0 Å². The highest BCUT2D eigenvalue weighted by molar-refractivity contribution is 5.80. The smallest absolute Gasteiger partial charge is 0.240 e. The summed E-state index contributed by atoms with van der Waals surface area (Å²) in [6, 6.07) is 15.9. The molecule has 0 fully saturated rings. The lowest BCUT2D eigenvalue weighted by Crippen LogP contribution is -2.36. The molecule has 3 aromatic rings. The number of imidazole rings is 1. The Hall–Kier alpha value is -2.82. The second-order valence-electron chi connectivity index (χ2n) is 6.15. The summed E-state index contributed by atoms with van der Waals surface area (Å²) in [6.07, 6.45) is 2.65. The van der Waals surface area contributed by atoms with Gasteiger partial charge in [-0.3, -0.25) is 4.79 Å². The van der Waals surface area contributed by atoms with Crippen LogP contribution in [-0.4, -0.2) is 28.6 Å². The molecule has 1 aliphatic heterocycles. The standard InChI is InChI=1S/C19H19N3O2/c23-19(11-22-13-21-16-6-2-3-7-17(16)22)20-10-14-9-15-5-1-4-8-18(15)24-12-14/h1-8,13-14H,9-12H2,(H,20,23)/t14-/m0/s1. The third kappa shape index (κ3) is 2.97. The predicted octanol–water partition coefficient (Wildman–Crippen LogP) is 2.40. The second-order valence-corrected chi connectivity index (χ2v) is 6.15. The van der Waals surface area contributed by atoms with Gasteiger partial charge in [-0.15, -0.1) is 0 Å². The first-order chi connectivity index (χ1) is 11.8. The summed E-state index contributed by atoms with van der Waals surface area (Å²) in [6.45, 7) is 1.55. The normalized spacial score (nSPS) is 16.4. The molecule has 1 amide bonds. The van der Waals surface area contributed by atoms with Gasteiger partial charge < -0.3 is 14.6 Å². The average Bonchev–Trinajstić information content (AvgIpc) is 3.03. The number of hydrogen-bond acceptors (Lipinski definition) is 3. The monoisotopic (exact) mass is 321 g/mol. The Morgan fingerprint density at radius 2 is 2.04 bits per heavy atom. The molecular weight excluding hydrogens is 302 g/mol. The van der Waals surface area contributed by atoms with E-state index in [1.165, 1.54) is 5.56 Å². The van der Waals surface area contributed by atoms with Gasteiger partial charge in [0.2, 0.25) is 5.91 Å². The van der Waals surface area contributed by atoms with E-state index in [0.29, 0.717) is 19.1 Å². The third-order valence-corrected chi connectivity index (χ3v) is 4.38. The van der Waals surface area contributed by atoms with E-state index in [1.54, 1.807) is 6.33 Å². The molecule has 0 bridgehead atoms. The number of benzene rings is 2. The largest absolute Gasteiger partial charge is 0.493 e. The number of carbonyl (C=O) groups is 1. The van der Waals surface area contributed by atoms with Crippen molar-refractivity contribution in [1.29, 1.82) is 0 Å². The van der Waals surface area contributed by atoms with Gasteiger partial charge in [-0.1, -0.05) is 30.3 Å². The Bertz CT molecular complexity index is 872. The van der Waals surface area contributed by atoms with Crippen molar-refractivity contribution < 1.29 is 9.53 Å². The molecule has 1 atom stereocenters. The van der Waals surface area contributed by atoms with Crippen molar-refractivity contribution in [3.63, 3.8) is 0 Å². The van der Waals surface area contributed by atoms with Crippen LogP contribution in [0.1, 0.15) is 5.56 Å². The predicted molar refractivity (Wildman–Crippen MR) is 91.9 cm³/mol. The summed E-state index contributed by atoms with van der Waals surface area (Å²) >= 11 is 0. The molecule has 1 aromatic heterocycles. The number of para-hydroxylation sites is 3. The third-order valence-electron chi connectivity index (χ3n) is 4.38. The topological polar surface area (TPSA) is 56.2 Å². The van der Waals surface area contributed by atoms with Crippen LogP contribution in [0.15, 0.2) is 54.9 Å². The molecule has 1 N–H and O–H groups in total. The summed E-state index contributed by atoms with van der Waals surface area (Å²) in [4.78, 5) is 16.6. The molecule has 122 valence electrons. The summed E-state index contributed by atoms with van der Waals surface area (Å²) in [5.74, 6) is 1.27. The van der Waals surface area contributed by atoms with Crippen molar-refractivity contribution in [1.82, 2.24) is 14.9 Å². The van der Waals surface area contributed by atoms with Crippen molar-refractivity contribution in [3.05, 3.63) is 60.4 Å². The maximum absolute atomic E-state index is 12.2. The van der Waals surface area contributed by atoms with Gasteiger partial charge >= 0.3 is 0 Å². The van der Waals surface area contributed by atoms with Gasteiger partial charge in [0.05, 0.1) is 24.0 Å². The van der Waals surface area contributed by atoms with Crippen LogP contribution in [0.5, 0.6) is 5.75 Å².